The molecular weight excluding hydrogens is 314 g/mol. The predicted molar refractivity (Wildman–Crippen MR) is 79.7 cm³/mol. The van der Waals surface area contributed by atoms with Gasteiger partial charge in [-0.25, -0.2) is 21.6 Å². The fourth-order valence-electron chi connectivity index (χ4n) is 2.25. The Kier molecular flexibility index (Phi) is 3.08. The third-order valence-corrected chi connectivity index (χ3v) is 6.12. The second-order valence-electron chi connectivity index (χ2n) is 4.84. The molecule has 0 aliphatic carbocycles. The highest BCUT2D eigenvalue weighted by Gasteiger charge is 2.28. The number of sulfonamides is 1. The van der Waals surface area contributed by atoms with E-state index in [0.29, 0.717) is 16.6 Å². The van der Waals surface area contributed by atoms with Crippen LogP contribution in [-0.2, 0) is 19.9 Å². The van der Waals surface area contributed by atoms with Gasteiger partial charge in [0.15, 0.2) is 9.84 Å². The summed E-state index contributed by atoms with van der Waals surface area (Å²) in [4.78, 5) is 2.90. The number of aromatic nitrogens is 1. The van der Waals surface area contributed by atoms with E-state index in [1.165, 1.54) is 12.3 Å². The predicted octanol–water partition coefficient (Wildman–Crippen LogP) is 0.339. The number of nitrogen functional groups attached to an aromatic ring is 1. The normalized spacial score (nSPS) is 21.0. The third kappa shape index (κ3) is 2.67. The molecule has 1 atom stereocenters. The average Bonchev–Trinajstić information content (AvgIpc) is 2.92. The molecule has 0 spiro atoms. The summed E-state index contributed by atoms with van der Waals surface area (Å²) in [6.07, 6.45) is 2.69. The van der Waals surface area contributed by atoms with E-state index in [1.807, 2.05) is 0 Å². The lowest BCUT2D eigenvalue weighted by atomic mass is 10.2. The topological polar surface area (TPSA) is 122 Å². The van der Waals surface area contributed by atoms with Crippen molar-refractivity contribution in [2.24, 2.45) is 0 Å². The highest BCUT2D eigenvalue weighted by Crippen LogP contribution is 2.25. The van der Waals surface area contributed by atoms with Gasteiger partial charge in [-0.3, -0.25) is 0 Å². The maximum atomic E-state index is 12.4. The van der Waals surface area contributed by atoms with Gasteiger partial charge in [-0.15, -0.1) is 0 Å². The number of H-pyrrole nitrogens is 1. The molecule has 1 aliphatic heterocycles. The maximum absolute atomic E-state index is 12.4. The van der Waals surface area contributed by atoms with Crippen LogP contribution in [-0.4, -0.2) is 33.6 Å². The van der Waals surface area contributed by atoms with E-state index in [2.05, 4.69) is 9.71 Å². The standard InChI is InChI=1S/C12H13N3O4S2/c13-8-1-2-11-10(5-8)12(6-14-11)21(18,19)15-9-3-4-20(16,17)7-9/h1-6,9,14-15H,7,13H2. The van der Waals surface area contributed by atoms with Crippen molar-refractivity contribution in [2.45, 2.75) is 10.9 Å². The number of rotatable bonds is 3. The summed E-state index contributed by atoms with van der Waals surface area (Å²) < 4.78 is 49.8. The van der Waals surface area contributed by atoms with Gasteiger partial charge in [-0.2, -0.15) is 0 Å². The molecule has 112 valence electrons. The van der Waals surface area contributed by atoms with Crippen LogP contribution in [0.1, 0.15) is 0 Å². The van der Waals surface area contributed by atoms with E-state index in [4.69, 9.17) is 5.73 Å². The summed E-state index contributed by atoms with van der Waals surface area (Å²) in [6, 6.07) is 4.14. The number of hydrogen-bond donors (Lipinski definition) is 3. The summed E-state index contributed by atoms with van der Waals surface area (Å²) in [5.74, 6) is -0.267. The highest BCUT2D eigenvalue weighted by molar-refractivity contribution is 7.94. The first kappa shape index (κ1) is 14.1. The van der Waals surface area contributed by atoms with E-state index in [-0.39, 0.29) is 10.6 Å². The second-order valence-corrected chi connectivity index (χ2v) is 8.46. The summed E-state index contributed by atoms with van der Waals surface area (Å²) in [7, 11) is -7.17. The molecule has 0 fully saturated rings. The Balaban J connectivity index is 1.98. The first-order valence-electron chi connectivity index (χ1n) is 6.07. The number of hydrogen-bond acceptors (Lipinski definition) is 5. The average molecular weight is 327 g/mol. The Hall–Kier alpha value is -1.84. The van der Waals surface area contributed by atoms with E-state index < -0.39 is 25.9 Å². The van der Waals surface area contributed by atoms with Crippen LogP contribution in [0.4, 0.5) is 5.69 Å². The molecule has 3 rings (SSSR count). The zero-order valence-electron chi connectivity index (χ0n) is 10.8. The van der Waals surface area contributed by atoms with E-state index in [1.54, 1.807) is 18.2 Å². The lowest BCUT2D eigenvalue weighted by Gasteiger charge is -2.10. The molecule has 2 heterocycles. The van der Waals surface area contributed by atoms with Crippen molar-refractivity contribution in [3.8, 4) is 0 Å². The summed E-state index contributed by atoms with van der Waals surface area (Å²) in [5, 5.41) is 1.49. The Morgan fingerprint density at radius 1 is 1.33 bits per heavy atom. The van der Waals surface area contributed by atoms with Gasteiger partial charge in [0, 0.05) is 28.2 Å². The molecule has 9 heteroatoms. The van der Waals surface area contributed by atoms with Crippen molar-refractivity contribution in [3.05, 3.63) is 35.9 Å². The van der Waals surface area contributed by atoms with Crippen LogP contribution in [0.25, 0.3) is 10.9 Å². The minimum atomic E-state index is -3.85. The van der Waals surface area contributed by atoms with E-state index in [9.17, 15) is 16.8 Å². The molecule has 0 saturated carbocycles. The van der Waals surface area contributed by atoms with Gasteiger partial charge in [0.25, 0.3) is 0 Å². The maximum Gasteiger partial charge on any atom is 0.243 e. The van der Waals surface area contributed by atoms with Crippen molar-refractivity contribution in [1.29, 1.82) is 0 Å². The largest absolute Gasteiger partial charge is 0.399 e. The lowest BCUT2D eigenvalue weighted by molar-refractivity contribution is 0.575. The molecule has 1 aliphatic rings. The first-order valence-corrected chi connectivity index (χ1v) is 9.27. The SMILES string of the molecule is Nc1ccc2[nH]cc(S(=O)(=O)NC3C=CS(=O)(=O)C3)c2c1. The number of nitrogens with two attached hydrogens (primary N) is 1. The van der Waals surface area contributed by atoms with E-state index in [0.717, 1.165) is 5.41 Å². The molecule has 1 aromatic heterocycles. The van der Waals surface area contributed by atoms with Gasteiger partial charge >= 0.3 is 0 Å². The lowest BCUT2D eigenvalue weighted by Crippen LogP contribution is -2.35. The zero-order valence-corrected chi connectivity index (χ0v) is 12.4. The molecule has 1 unspecified atom stereocenters. The van der Waals surface area contributed by atoms with Gasteiger partial charge in [0.05, 0.1) is 11.8 Å². The number of benzene rings is 1. The summed E-state index contributed by atoms with van der Waals surface area (Å²) >= 11 is 0. The number of fused-ring (bicyclic) bond motifs is 1. The van der Waals surface area contributed by atoms with E-state index >= 15 is 0 Å². The van der Waals surface area contributed by atoms with Crippen molar-refractivity contribution >= 4 is 36.5 Å². The van der Waals surface area contributed by atoms with Crippen LogP contribution in [0.15, 0.2) is 40.8 Å². The molecule has 0 saturated heterocycles. The van der Waals surface area contributed by atoms with Crippen LogP contribution in [0, 0.1) is 0 Å². The van der Waals surface area contributed by atoms with Crippen LogP contribution in [0.5, 0.6) is 0 Å². The van der Waals surface area contributed by atoms with Gasteiger partial charge in [-0.1, -0.05) is 6.08 Å². The minimum absolute atomic E-state index is 0.0440. The first-order chi connectivity index (χ1) is 9.77. The smallest absolute Gasteiger partial charge is 0.243 e. The molecule has 4 N–H and O–H groups in total. The zero-order chi connectivity index (χ0) is 15.3. The van der Waals surface area contributed by atoms with Gasteiger partial charge in [0.1, 0.15) is 4.90 Å². The van der Waals surface area contributed by atoms with Crippen LogP contribution in [0.3, 0.4) is 0 Å². The Morgan fingerprint density at radius 3 is 2.76 bits per heavy atom. The minimum Gasteiger partial charge on any atom is -0.399 e. The molecule has 0 amide bonds. The van der Waals surface area contributed by atoms with Crippen LogP contribution < -0.4 is 10.5 Å². The fourth-order valence-corrected chi connectivity index (χ4v) is 4.95. The fraction of sp³-hybridized carbons (Fsp3) is 0.167. The Labute approximate surface area is 121 Å². The number of anilines is 1. The van der Waals surface area contributed by atoms with Crippen molar-refractivity contribution in [1.82, 2.24) is 9.71 Å². The Bertz CT molecular complexity index is 942. The molecule has 2 aromatic rings. The number of sulfone groups is 1. The van der Waals surface area contributed by atoms with Crippen molar-refractivity contribution in [2.75, 3.05) is 11.5 Å². The monoisotopic (exact) mass is 327 g/mol. The number of nitrogens with one attached hydrogen (secondary N) is 2. The molecule has 7 nitrogen and oxygen atoms in total. The van der Waals surface area contributed by atoms with Crippen LogP contribution in [0.2, 0.25) is 0 Å². The highest BCUT2D eigenvalue weighted by atomic mass is 32.2. The van der Waals surface area contributed by atoms with Crippen LogP contribution >= 0.6 is 0 Å². The Morgan fingerprint density at radius 2 is 2.10 bits per heavy atom. The van der Waals surface area contributed by atoms with Crippen molar-refractivity contribution in [3.63, 3.8) is 0 Å². The molecule has 0 radical (unpaired) electrons. The second kappa shape index (κ2) is 4.58. The van der Waals surface area contributed by atoms with Gasteiger partial charge in [0.2, 0.25) is 10.0 Å². The molecule has 1 aromatic carbocycles. The summed E-state index contributed by atoms with van der Waals surface area (Å²) in [5.41, 5.74) is 6.76. The molecular formula is C12H13N3O4S2. The quantitative estimate of drug-likeness (QED) is 0.702. The van der Waals surface area contributed by atoms with Gasteiger partial charge in [-0.05, 0) is 18.2 Å². The summed E-state index contributed by atoms with van der Waals surface area (Å²) in [6.45, 7) is 0. The van der Waals surface area contributed by atoms with Gasteiger partial charge < -0.3 is 10.7 Å². The molecule has 21 heavy (non-hydrogen) atoms. The number of aromatic amines is 1. The third-order valence-electron chi connectivity index (χ3n) is 3.19. The van der Waals surface area contributed by atoms with Crippen molar-refractivity contribution < 1.29 is 16.8 Å². The molecule has 0 bridgehead atoms.